The van der Waals surface area contributed by atoms with Gasteiger partial charge in [0.25, 0.3) is 0 Å². The number of carbonyl (C=O) groups excluding carboxylic acids is 1. The number of ether oxygens (including phenoxy) is 2. The molecule has 1 aromatic rings. The summed E-state index contributed by atoms with van der Waals surface area (Å²) in [6.07, 6.45) is 0.769. The molecule has 1 amide bonds. The molecule has 0 aromatic heterocycles. The van der Waals surface area contributed by atoms with Crippen molar-refractivity contribution in [3.05, 3.63) is 27.7 Å². The van der Waals surface area contributed by atoms with Gasteiger partial charge in [-0.3, -0.25) is 4.79 Å². The number of alkyl halides is 2. The fourth-order valence-corrected chi connectivity index (χ4v) is 2.86. The van der Waals surface area contributed by atoms with Crippen molar-refractivity contribution in [1.82, 2.24) is 5.32 Å². The van der Waals surface area contributed by atoms with Crippen LogP contribution >= 0.6 is 23.2 Å². The summed E-state index contributed by atoms with van der Waals surface area (Å²) in [4.78, 5) is 12.2. The molecule has 1 fully saturated rings. The quantitative estimate of drug-likeness (QED) is 0.837. The predicted octanol–water partition coefficient (Wildman–Crippen LogP) is 2.72. The van der Waals surface area contributed by atoms with Crippen LogP contribution in [0, 0.1) is 0 Å². The minimum absolute atomic E-state index is 0.0597. The van der Waals surface area contributed by atoms with E-state index in [0.29, 0.717) is 26.1 Å². The zero-order chi connectivity index (χ0) is 17.0. The van der Waals surface area contributed by atoms with Gasteiger partial charge in [-0.25, -0.2) is 0 Å². The molecule has 9 heteroatoms. The van der Waals surface area contributed by atoms with Crippen molar-refractivity contribution in [1.29, 1.82) is 0 Å². The maximum atomic E-state index is 12.5. The van der Waals surface area contributed by atoms with Crippen molar-refractivity contribution >= 4 is 29.1 Å². The lowest BCUT2D eigenvalue weighted by Gasteiger charge is -2.31. The first-order chi connectivity index (χ1) is 10.8. The molecule has 1 saturated heterocycles. The van der Waals surface area contributed by atoms with E-state index in [0.717, 1.165) is 0 Å². The van der Waals surface area contributed by atoms with E-state index in [2.05, 4.69) is 10.1 Å². The molecule has 0 radical (unpaired) electrons. The lowest BCUT2D eigenvalue weighted by Crippen LogP contribution is -2.56. The molecule has 1 heterocycles. The molecular weight excluding hydrogens is 353 g/mol. The molecule has 0 atom stereocenters. The Morgan fingerprint density at radius 2 is 2.04 bits per heavy atom. The third-order valence-electron chi connectivity index (χ3n) is 3.57. The Kier molecular flexibility index (Phi) is 6.02. The molecule has 1 aliphatic heterocycles. The van der Waals surface area contributed by atoms with Gasteiger partial charge in [0, 0.05) is 30.3 Å². The van der Waals surface area contributed by atoms with Gasteiger partial charge in [-0.1, -0.05) is 23.2 Å². The summed E-state index contributed by atoms with van der Waals surface area (Å²) < 4.78 is 34.6. The van der Waals surface area contributed by atoms with Gasteiger partial charge >= 0.3 is 6.61 Å². The Balaban J connectivity index is 2.11. The van der Waals surface area contributed by atoms with Gasteiger partial charge in [0.2, 0.25) is 5.91 Å². The Labute approximate surface area is 142 Å². The Bertz CT molecular complexity index is 581. The van der Waals surface area contributed by atoms with Gasteiger partial charge in [-0.05, 0) is 25.0 Å². The normalized spacial score (nSPS) is 17.1. The smallest absolute Gasteiger partial charge is 0.387 e. The molecule has 128 valence electrons. The summed E-state index contributed by atoms with van der Waals surface area (Å²) in [6, 6.07) is 2.69. The highest BCUT2D eigenvalue weighted by molar-refractivity contribution is 6.35. The SMILES string of the molecule is NC1(C(=O)NCc2cc(Cl)cc(Cl)c2OC(F)F)CCOCC1. The average Bonchev–Trinajstić information content (AvgIpc) is 2.48. The van der Waals surface area contributed by atoms with Crippen molar-refractivity contribution < 1.29 is 23.0 Å². The van der Waals surface area contributed by atoms with Crippen LogP contribution in [0.1, 0.15) is 18.4 Å². The van der Waals surface area contributed by atoms with Crippen LogP contribution in [0.4, 0.5) is 8.78 Å². The van der Waals surface area contributed by atoms with Crippen LogP contribution < -0.4 is 15.8 Å². The van der Waals surface area contributed by atoms with E-state index < -0.39 is 12.2 Å². The summed E-state index contributed by atoms with van der Waals surface area (Å²) in [5.74, 6) is -0.607. The Morgan fingerprint density at radius 3 is 2.65 bits per heavy atom. The Hall–Kier alpha value is -1.15. The maximum Gasteiger partial charge on any atom is 0.387 e. The van der Waals surface area contributed by atoms with Gasteiger partial charge in [-0.15, -0.1) is 0 Å². The van der Waals surface area contributed by atoms with E-state index in [1.165, 1.54) is 12.1 Å². The van der Waals surface area contributed by atoms with Gasteiger partial charge in [0.1, 0.15) is 5.75 Å². The minimum Gasteiger partial charge on any atom is -0.433 e. The highest BCUT2D eigenvalue weighted by Gasteiger charge is 2.35. The maximum absolute atomic E-state index is 12.5. The van der Waals surface area contributed by atoms with Crippen LogP contribution in [0.3, 0.4) is 0 Å². The summed E-state index contributed by atoms with van der Waals surface area (Å²) >= 11 is 11.7. The molecule has 0 bridgehead atoms. The Morgan fingerprint density at radius 1 is 1.39 bits per heavy atom. The first-order valence-corrected chi connectivity index (χ1v) is 7.65. The van der Waals surface area contributed by atoms with Crippen LogP contribution in [0.5, 0.6) is 5.75 Å². The van der Waals surface area contributed by atoms with E-state index in [4.69, 9.17) is 33.7 Å². The molecule has 1 aromatic carbocycles. The molecule has 5 nitrogen and oxygen atoms in total. The highest BCUT2D eigenvalue weighted by Crippen LogP contribution is 2.33. The van der Waals surface area contributed by atoms with Crippen LogP contribution in [0.15, 0.2) is 12.1 Å². The van der Waals surface area contributed by atoms with Gasteiger partial charge < -0.3 is 20.5 Å². The van der Waals surface area contributed by atoms with E-state index in [1.807, 2.05) is 0 Å². The third kappa shape index (κ3) is 4.67. The highest BCUT2D eigenvalue weighted by atomic mass is 35.5. The van der Waals surface area contributed by atoms with Crippen LogP contribution in [0.2, 0.25) is 10.0 Å². The second-order valence-electron chi connectivity index (χ2n) is 5.21. The molecule has 2 rings (SSSR count). The van der Waals surface area contributed by atoms with E-state index in [9.17, 15) is 13.6 Å². The van der Waals surface area contributed by atoms with Crippen molar-refractivity contribution in [2.24, 2.45) is 5.73 Å². The number of benzene rings is 1. The van der Waals surface area contributed by atoms with Crippen molar-refractivity contribution in [2.75, 3.05) is 13.2 Å². The standard InChI is InChI=1S/C14H16Cl2F2N2O3/c15-9-5-8(11(10(16)6-9)23-13(17)18)7-20-12(21)14(19)1-3-22-4-2-14/h5-6,13H,1-4,7,19H2,(H,20,21). The average molecular weight is 369 g/mol. The topological polar surface area (TPSA) is 73.6 Å². The van der Waals surface area contributed by atoms with Gasteiger partial charge in [0.05, 0.1) is 10.6 Å². The summed E-state index contributed by atoms with van der Waals surface area (Å²) in [5.41, 5.74) is 5.25. The first kappa shape index (κ1) is 18.2. The molecule has 1 aliphatic rings. The molecule has 0 saturated carbocycles. The predicted molar refractivity (Wildman–Crippen MR) is 81.9 cm³/mol. The largest absolute Gasteiger partial charge is 0.433 e. The number of nitrogens with one attached hydrogen (secondary N) is 1. The monoisotopic (exact) mass is 368 g/mol. The fourth-order valence-electron chi connectivity index (χ4n) is 2.28. The second-order valence-corrected chi connectivity index (χ2v) is 6.05. The lowest BCUT2D eigenvalue weighted by molar-refractivity contribution is -0.129. The van der Waals surface area contributed by atoms with Crippen LogP contribution in [-0.4, -0.2) is 31.3 Å². The molecule has 0 spiro atoms. The number of hydrogen-bond donors (Lipinski definition) is 2. The van der Waals surface area contributed by atoms with Crippen molar-refractivity contribution in [2.45, 2.75) is 31.5 Å². The first-order valence-electron chi connectivity index (χ1n) is 6.89. The number of halogens is 4. The number of rotatable bonds is 5. The molecule has 23 heavy (non-hydrogen) atoms. The zero-order valence-electron chi connectivity index (χ0n) is 12.1. The van der Waals surface area contributed by atoms with E-state index in [-0.39, 0.29) is 33.8 Å². The van der Waals surface area contributed by atoms with Gasteiger partial charge in [0.15, 0.2) is 0 Å². The van der Waals surface area contributed by atoms with E-state index in [1.54, 1.807) is 0 Å². The third-order valence-corrected chi connectivity index (χ3v) is 4.07. The zero-order valence-corrected chi connectivity index (χ0v) is 13.6. The number of carbonyl (C=O) groups is 1. The minimum atomic E-state index is -3.04. The second kappa shape index (κ2) is 7.61. The number of nitrogens with two attached hydrogens (primary N) is 1. The fraction of sp³-hybridized carbons (Fsp3) is 0.500. The van der Waals surface area contributed by atoms with Crippen LogP contribution in [0.25, 0.3) is 0 Å². The summed E-state index contributed by atoms with van der Waals surface area (Å²) in [6.45, 7) is -2.33. The van der Waals surface area contributed by atoms with Crippen molar-refractivity contribution in [3.8, 4) is 5.75 Å². The van der Waals surface area contributed by atoms with Crippen molar-refractivity contribution in [3.63, 3.8) is 0 Å². The number of hydrogen-bond acceptors (Lipinski definition) is 4. The molecular formula is C14H16Cl2F2N2O3. The molecule has 3 N–H and O–H groups in total. The van der Waals surface area contributed by atoms with E-state index >= 15 is 0 Å². The summed E-state index contributed by atoms with van der Waals surface area (Å²) in [5, 5.41) is 2.80. The molecule has 0 unspecified atom stereocenters. The summed E-state index contributed by atoms with van der Waals surface area (Å²) in [7, 11) is 0. The van der Waals surface area contributed by atoms with Gasteiger partial charge in [-0.2, -0.15) is 8.78 Å². The number of amides is 1. The van der Waals surface area contributed by atoms with Crippen LogP contribution in [-0.2, 0) is 16.1 Å². The lowest BCUT2D eigenvalue weighted by atomic mass is 9.90. The molecule has 0 aliphatic carbocycles.